The minimum atomic E-state index is -0.643. The number of carbonyl (C=O) groups excluding carboxylic acids is 1. The average molecular weight is 272 g/mol. The van der Waals surface area contributed by atoms with Gasteiger partial charge in [0, 0.05) is 13.2 Å². The molecule has 1 atom stereocenters. The van der Waals surface area contributed by atoms with Crippen LogP contribution in [0, 0.1) is 0 Å². The number of ether oxygens (including phenoxy) is 1. The second-order valence-corrected chi connectivity index (χ2v) is 4.11. The van der Waals surface area contributed by atoms with Crippen molar-refractivity contribution in [2.24, 2.45) is 5.73 Å². The van der Waals surface area contributed by atoms with Gasteiger partial charge in [-0.1, -0.05) is 0 Å². The Morgan fingerprint density at radius 1 is 1.73 bits per heavy atom. The highest BCUT2D eigenvalue weighted by Crippen LogP contribution is 2.34. The summed E-state index contributed by atoms with van der Waals surface area (Å²) in [4.78, 5) is 17.2. The lowest BCUT2D eigenvalue weighted by atomic mass is 10.3. The number of nitrogens with zero attached hydrogens (tertiary/aromatic N) is 2. The van der Waals surface area contributed by atoms with Crippen molar-refractivity contribution in [2.45, 2.75) is 6.04 Å². The zero-order valence-corrected chi connectivity index (χ0v) is 9.69. The topological polar surface area (TPSA) is 68.5 Å². The molecule has 15 heavy (non-hydrogen) atoms. The van der Waals surface area contributed by atoms with Crippen molar-refractivity contribution in [1.82, 2.24) is 4.98 Å². The van der Waals surface area contributed by atoms with E-state index in [1.165, 1.54) is 4.90 Å². The molecule has 0 spiro atoms. The number of halogens is 1. The van der Waals surface area contributed by atoms with Crippen LogP contribution in [-0.4, -0.2) is 30.6 Å². The van der Waals surface area contributed by atoms with Gasteiger partial charge in [0.1, 0.15) is 12.6 Å². The molecule has 0 aromatic carbocycles. The number of pyridine rings is 1. The van der Waals surface area contributed by atoms with Gasteiger partial charge in [-0.25, -0.2) is 4.98 Å². The van der Waals surface area contributed by atoms with Crippen LogP contribution in [-0.2, 0) is 4.79 Å². The summed E-state index contributed by atoms with van der Waals surface area (Å²) in [6.07, 6.45) is 1.60. The summed E-state index contributed by atoms with van der Waals surface area (Å²) >= 11 is 3.34. The van der Waals surface area contributed by atoms with Gasteiger partial charge in [0.15, 0.2) is 11.6 Å². The molecule has 0 aliphatic carbocycles. The minimum Gasteiger partial charge on any atom is -0.486 e. The Bertz CT molecular complexity index is 410. The third-order valence-corrected chi connectivity index (χ3v) is 2.83. The Kier molecular flexibility index (Phi) is 2.62. The van der Waals surface area contributed by atoms with Crippen LogP contribution in [0.5, 0.6) is 5.75 Å². The van der Waals surface area contributed by atoms with Crippen LogP contribution in [0.2, 0.25) is 0 Å². The fourth-order valence-electron chi connectivity index (χ4n) is 1.38. The molecule has 80 valence electrons. The van der Waals surface area contributed by atoms with Gasteiger partial charge in [0.25, 0.3) is 0 Å². The van der Waals surface area contributed by atoms with Gasteiger partial charge in [-0.15, -0.1) is 0 Å². The van der Waals surface area contributed by atoms with Crippen LogP contribution in [0.4, 0.5) is 5.82 Å². The van der Waals surface area contributed by atoms with E-state index in [9.17, 15) is 4.79 Å². The zero-order chi connectivity index (χ0) is 11.0. The lowest BCUT2D eigenvalue weighted by Gasteiger charge is -2.16. The van der Waals surface area contributed by atoms with Crippen molar-refractivity contribution in [2.75, 3.05) is 18.6 Å². The third-order valence-electron chi connectivity index (χ3n) is 2.21. The van der Waals surface area contributed by atoms with E-state index in [-0.39, 0.29) is 12.5 Å². The fourth-order valence-corrected chi connectivity index (χ4v) is 1.79. The first kappa shape index (κ1) is 10.4. The number of aromatic nitrogens is 1. The minimum absolute atomic E-state index is 0.167. The first-order valence-corrected chi connectivity index (χ1v) is 5.21. The van der Waals surface area contributed by atoms with E-state index in [1.54, 1.807) is 19.3 Å². The number of amides is 1. The maximum atomic E-state index is 11.7. The SMILES string of the molecule is CN1C(=O)C(N)COc2c(Br)ccnc21. The Balaban J connectivity index is 2.52. The number of hydrogen-bond acceptors (Lipinski definition) is 4. The van der Waals surface area contributed by atoms with E-state index in [0.29, 0.717) is 11.6 Å². The Labute approximate surface area is 95.3 Å². The monoisotopic (exact) mass is 271 g/mol. The Morgan fingerprint density at radius 3 is 3.20 bits per heavy atom. The Hall–Kier alpha value is -1.14. The molecule has 1 aliphatic heterocycles. The summed E-state index contributed by atoms with van der Waals surface area (Å²) < 4.78 is 6.20. The third kappa shape index (κ3) is 1.70. The van der Waals surface area contributed by atoms with Crippen molar-refractivity contribution in [3.05, 3.63) is 16.7 Å². The molecule has 0 fully saturated rings. The smallest absolute Gasteiger partial charge is 0.248 e. The molecule has 0 radical (unpaired) electrons. The second kappa shape index (κ2) is 3.79. The van der Waals surface area contributed by atoms with Gasteiger partial charge in [-0.05, 0) is 22.0 Å². The number of likely N-dealkylation sites (N-methyl/N-ethyl adjacent to an activating group) is 1. The highest BCUT2D eigenvalue weighted by Gasteiger charge is 2.28. The molecule has 1 aromatic heterocycles. The number of carbonyl (C=O) groups is 1. The lowest BCUT2D eigenvalue weighted by Crippen LogP contribution is -2.43. The van der Waals surface area contributed by atoms with Crippen LogP contribution in [0.1, 0.15) is 0 Å². The molecule has 5 nitrogen and oxygen atoms in total. The lowest BCUT2D eigenvalue weighted by molar-refractivity contribution is -0.119. The van der Waals surface area contributed by atoms with E-state index < -0.39 is 6.04 Å². The van der Waals surface area contributed by atoms with Gasteiger partial charge < -0.3 is 10.5 Å². The molecular formula is C9H10BrN3O2. The largest absolute Gasteiger partial charge is 0.486 e. The van der Waals surface area contributed by atoms with Crippen LogP contribution < -0.4 is 15.4 Å². The Morgan fingerprint density at radius 2 is 2.47 bits per heavy atom. The van der Waals surface area contributed by atoms with E-state index in [2.05, 4.69) is 20.9 Å². The number of hydrogen-bond donors (Lipinski definition) is 1. The number of anilines is 1. The standard InChI is InChI=1S/C9H10BrN3O2/c1-13-8-7(5(10)2-3-12-8)15-4-6(11)9(13)14/h2-3,6H,4,11H2,1H3. The first-order valence-electron chi connectivity index (χ1n) is 4.41. The van der Waals surface area contributed by atoms with Crippen LogP contribution in [0.25, 0.3) is 0 Å². The van der Waals surface area contributed by atoms with E-state index >= 15 is 0 Å². The summed E-state index contributed by atoms with van der Waals surface area (Å²) in [6, 6.07) is 1.12. The molecular weight excluding hydrogens is 262 g/mol. The predicted molar refractivity (Wildman–Crippen MR) is 58.8 cm³/mol. The van der Waals surface area contributed by atoms with Crippen molar-refractivity contribution in [3.63, 3.8) is 0 Å². The number of nitrogens with two attached hydrogens (primary N) is 1. The molecule has 0 saturated carbocycles. The first-order chi connectivity index (χ1) is 7.11. The molecule has 1 unspecified atom stereocenters. The molecule has 0 saturated heterocycles. The van der Waals surface area contributed by atoms with Gasteiger partial charge in [-0.3, -0.25) is 9.69 Å². The van der Waals surface area contributed by atoms with Crippen molar-refractivity contribution >= 4 is 27.7 Å². The summed E-state index contributed by atoms with van der Waals surface area (Å²) in [5.74, 6) is 0.850. The highest BCUT2D eigenvalue weighted by molar-refractivity contribution is 9.10. The summed E-state index contributed by atoms with van der Waals surface area (Å²) in [5.41, 5.74) is 5.64. The van der Waals surface area contributed by atoms with E-state index in [4.69, 9.17) is 10.5 Å². The van der Waals surface area contributed by atoms with Crippen molar-refractivity contribution < 1.29 is 9.53 Å². The van der Waals surface area contributed by atoms with Gasteiger partial charge in [0.05, 0.1) is 4.47 Å². The number of fused-ring (bicyclic) bond motifs is 1. The molecule has 1 aromatic rings. The zero-order valence-electron chi connectivity index (χ0n) is 8.11. The van der Waals surface area contributed by atoms with Gasteiger partial charge in [-0.2, -0.15) is 0 Å². The quantitative estimate of drug-likeness (QED) is 0.748. The summed E-state index contributed by atoms with van der Waals surface area (Å²) in [5, 5.41) is 0. The van der Waals surface area contributed by atoms with E-state index in [1.807, 2.05) is 0 Å². The molecule has 0 bridgehead atoms. The van der Waals surface area contributed by atoms with Gasteiger partial charge in [0.2, 0.25) is 5.91 Å². The molecule has 2 heterocycles. The molecule has 2 N–H and O–H groups in total. The van der Waals surface area contributed by atoms with Crippen LogP contribution >= 0.6 is 15.9 Å². The maximum Gasteiger partial charge on any atom is 0.248 e. The number of rotatable bonds is 0. The molecule has 1 aliphatic rings. The maximum absolute atomic E-state index is 11.7. The van der Waals surface area contributed by atoms with E-state index in [0.717, 1.165) is 4.47 Å². The molecule has 6 heteroatoms. The molecule has 2 rings (SSSR count). The average Bonchev–Trinajstić information content (AvgIpc) is 2.33. The predicted octanol–water partition coefficient (Wildman–Crippen LogP) is 0.527. The van der Waals surface area contributed by atoms with Crippen molar-refractivity contribution in [1.29, 1.82) is 0 Å². The highest BCUT2D eigenvalue weighted by atomic mass is 79.9. The molecule has 1 amide bonds. The fraction of sp³-hybridized carbons (Fsp3) is 0.333. The summed E-state index contributed by atoms with van der Waals surface area (Å²) in [6.45, 7) is 0.167. The summed E-state index contributed by atoms with van der Waals surface area (Å²) in [7, 11) is 1.63. The van der Waals surface area contributed by atoms with Crippen LogP contribution in [0.3, 0.4) is 0 Å². The van der Waals surface area contributed by atoms with Gasteiger partial charge >= 0.3 is 0 Å². The normalized spacial score (nSPS) is 20.6. The van der Waals surface area contributed by atoms with Crippen molar-refractivity contribution in [3.8, 4) is 5.75 Å². The van der Waals surface area contributed by atoms with Crippen LogP contribution in [0.15, 0.2) is 16.7 Å². The second-order valence-electron chi connectivity index (χ2n) is 3.26.